The summed E-state index contributed by atoms with van der Waals surface area (Å²) in [6, 6.07) is 8.33. The van der Waals surface area contributed by atoms with Gasteiger partial charge in [0.15, 0.2) is 0 Å². The van der Waals surface area contributed by atoms with Gasteiger partial charge < -0.3 is 4.98 Å². The summed E-state index contributed by atoms with van der Waals surface area (Å²) in [6.45, 7) is 8.01. The fourth-order valence-electron chi connectivity index (χ4n) is 2.26. The van der Waals surface area contributed by atoms with Crippen LogP contribution >= 0.6 is 11.8 Å². The molecule has 0 saturated carbocycles. The van der Waals surface area contributed by atoms with E-state index in [9.17, 15) is 4.79 Å². The number of aromatic nitrogens is 2. The lowest BCUT2D eigenvalue weighted by atomic mass is 10.0. The number of hydrogen-bond donors (Lipinski definition) is 1. The maximum atomic E-state index is 12.1. The molecule has 20 heavy (non-hydrogen) atoms. The summed E-state index contributed by atoms with van der Waals surface area (Å²) in [4.78, 5) is 20.7. The van der Waals surface area contributed by atoms with Crippen molar-refractivity contribution < 1.29 is 0 Å². The quantitative estimate of drug-likeness (QED) is 0.870. The summed E-state index contributed by atoms with van der Waals surface area (Å²) in [5.74, 6) is 1.62. The van der Waals surface area contributed by atoms with E-state index in [1.807, 2.05) is 26.8 Å². The second-order valence-electron chi connectivity index (χ2n) is 5.27. The number of nitrogens with zero attached hydrogens (tertiary/aromatic N) is 1. The molecule has 2 aromatic rings. The van der Waals surface area contributed by atoms with E-state index in [1.54, 1.807) is 11.8 Å². The van der Waals surface area contributed by atoms with E-state index >= 15 is 0 Å². The number of H-pyrrole nitrogens is 1. The molecule has 4 heteroatoms. The van der Waals surface area contributed by atoms with Crippen LogP contribution in [0.2, 0.25) is 0 Å². The maximum Gasteiger partial charge on any atom is 0.254 e. The molecule has 0 atom stereocenters. The van der Waals surface area contributed by atoms with Crippen LogP contribution in [0.1, 0.15) is 42.4 Å². The predicted molar refractivity (Wildman–Crippen MR) is 84.4 cm³/mol. The van der Waals surface area contributed by atoms with Gasteiger partial charge in [0.1, 0.15) is 5.82 Å². The van der Waals surface area contributed by atoms with Gasteiger partial charge in [-0.25, -0.2) is 4.98 Å². The molecule has 0 bridgehead atoms. The molecule has 2 rings (SSSR count). The Morgan fingerprint density at radius 1 is 1.30 bits per heavy atom. The highest BCUT2D eigenvalue weighted by molar-refractivity contribution is 7.98. The van der Waals surface area contributed by atoms with E-state index in [-0.39, 0.29) is 11.5 Å². The maximum absolute atomic E-state index is 12.1. The fourth-order valence-corrected chi connectivity index (χ4v) is 3.14. The van der Waals surface area contributed by atoms with Crippen LogP contribution in [0.5, 0.6) is 0 Å². The average Bonchev–Trinajstić information content (AvgIpc) is 2.35. The highest BCUT2D eigenvalue weighted by Crippen LogP contribution is 2.22. The van der Waals surface area contributed by atoms with E-state index in [1.165, 1.54) is 10.5 Å². The van der Waals surface area contributed by atoms with Gasteiger partial charge in [0.25, 0.3) is 5.56 Å². The average molecular weight is 288 g/mol. The first-order chi connectivity index (χ1) is 9.47. The molecule has 0 spiro atoms. The van der Waals surface area contributed by atoms with Crippen LogP contribution in [-0.2, 0) is 5.75 Å². The normalized spacial score (nSPS) is 11.1. The van der Waals surface area contributed by atoms with Gasteiger partial charge in [-0.15, -0.1) is 11.8 Å². The Labute approximate surface area is 123 Å². The molecule has 106 valence electrons. The molecule has 0 amide bonds. The number of hydrogen-bond acceptors (Lipinski definition) is 3. The van der Waals surface area contributed by atoms with Gasteiger partial charge in [0.2, 0.25) is 0 Å². The Balaban J connectivity index is 2.17. The van der Waals surface area contributed by atoms with Crippen LogP contribution in [0.3, 0.4) is 0 Å². The molecular formula is C16H20N2OS. The van der Waals surface area contributed by atoms with E-state index in [0.717, 1.165) is 17.1 Å². The van der Waals surface area contributed by atoms with Gasteiger partial charge in [-0.1, -0.05) is 31.5 Å². The third-order valence-corrected chi connectivity index (χ3v) is 4.14. The minimum atomic E-state index is -0.00709. The van der Waals surface area contributed by atoms with Gasteiger partial charge in [-0.3, -0.25) is 4.79 Å². The first-order valence-electron chi connectivity index (χ1n) is 6.76. The summed E-state index contributed by atoms with van der Waals surface area (Å²) in [7, 11) is 0. The van der Waals surface area contributed by atoms with Crippen LogP contribution < -0.4 is 5.56 Å². The second-order valence-corrected chi connectivity index (χ2v) is 6.32. The lowest BCUT2D eigenvalue weighted by molar-refractivity contribution is 0.799. The number of nitrogens with one attached hydrogen (secondary N) is 1. The Bertz CT molecular complexity index is 662. The minimum Gasteiger partial charge on any atom is -0.310 e. The van der Waals surface area contributed by atoms with E-state index in [2.05, 4.69) is 35.1 Å². The van der Waals surface area contributed by atoms with Gasteiger partial charge in [-0.05, 0) is 31.9 Å². The number of benzene rings is 1. The predicted octanol–water partition coefficient (Wildman–Crippen LogP) is 3.80. The first kappa shape index (κ1) is 14.9. The van der Waals surface area contributed by atoms with Crippen LogP contribution in [0.4, 0.5) is 0 Å². The van der Waals surface area contributed by atoms with Gasteiger partial charge in [-0.2, -0.15) is 0 Å². The van der Waals surface area contributed by atoms with Crippen molar-refractivity contribution in [2.45, 2.75) is 44.3 Å². The second kappa shape index (κ2) is 6.27. The van der Waals surface area contributed by atoms with Crippen LogP contribution in [0.25, 0.3) is 0 Å². The molecule has 0 radical (unpaired) electrons. The molecule has 1 N–H and O–H groups in total. The van der Waals surface area contributed by atoms with Crippen molar-refractivity contribution in [2.75, 3.05) is 0 Å². The molecule has 0 saturated heterocycles. The molecule has 0 aliphatic carbocycles. The molecule has 3 nitrogen and oxygen atoms in total. The van der Waals surface area contributed by atoms with E-state index < -0.39 is 0 Å². The largest absolute Gasteiger partial charge is 0.310 e. The van der Waals surface area contributed by atoms with E-state index in [4.69, 9.17) is 0 Å². The van der Waals surface area contributed by atoms with Gasteiger partial charge >= 0.3 is 0 Å². The summed E-state index contributed by atoms with van der Waals surface area (Å²) < 4.78 is 0. The SMILES string of the molecule is Cc1cccc(SCc2nc(C)c(C(C)C)c(=O)[nH]2)c1. The zero-order valence-corrected chi connectivity index (χ0v) is 13.2. The highest BCUT2D eigenvalue weighted by atomic mass is 32.2. The third kappa shape index (κ3) is 3.51. The minimum absolute atomic E-state index is 0.00709. The molecule has 0 fully saturated rings. The van der Waals surface area contributed by atoms with E-state index in [0.29, 0.717) is 5.75 Å². The fraction of sp³-hybridized carbons (Fsp3) is 0.375. The van der Waals surface area contributed by atoms with Crippen molar-refractivity contribution in [3.63, 3.8) is 0 Å². The topological polar surface area (TPSA) is 45.8 Å². The number of thioether (sulfide) groups is 1. The van der Waals surface area contributed by atoms with Crippen LogP contribution in [-0.4, -0.2) is 9.97 Å². The lowest BCUT2D eigenvalue weighted by Crippen LogP contribution is -2.19. The van der Waals surface area contributed by atoms with Gasteiger partial charge in [0, 0.05) is 16.2 Å². The van der Waals surface area contributed by atoms with Crippen molar-refractivity contribution in [1.82, 2.24) is 9.97 Å². The van der Waals surface area contributed by atoms with Crippen LogP contribution in [0, 0.1) is 13.8 Å². The number of rotatable bonds is 4. The Morgan fingerprint density at radius 3 is 2.65 bits per heavy atom. The first-order valence-corrected chi connectivity index (χ1v) is 7.75. The highest BCUT2D eigenvalue weighted by Gasteiger charge is 2.11. The zero-order chi connectivity index (χ0) is 14.7. The number of aromatic amines is 1. The zero-order valence-electron chi connectivity index (χ0n) is 12.4. The van der Waals surface area contributed by atoms with Crippen molar-refractivity contribution in [2.24, 2.45) is 0 Å². The summed E-state index contributed by atoms with van der Waals surface area (Å²) in [5, 5.41) is 0. The molecule has 1 aromatic carbocycles. The van der Waals surface area contributed by atoms with Crippen molar-refractivity contribution >= 4 is 11.8 Å². The molecular weight excluding hydrogens is 268 g/mol. The lowest BCUT2D eigenvalue weighted by Gasteiger charge is -2.09. The smallest absolute Gasteiger partial charge is 0.254 e. The summed E-state index contributed by atoms with van der Waals surface area (Å²) >= 11 is 1.69. The molecule has 1 heterocycles. The third-order valence-electron chi connectivity index (χ3n) is 3.14. The molecule has 0 aliphatic rings. The van der Waals surface area contributed by atoms with Crippen LogP contribution in [0.15, 0.2) is 34.0 Å². The Morgan fingerprint density at radius 2 is 2.05 bits per heavy atom. The standard InChI is InChI=1S/C16H20N2OS/c1-10(2)15-12(4)17-14(18-16(15)19)9-20-13-7-5-6-11(3)8-13/h5-8,10H,9H2,1-4H3,(H,17,18,19). The van der Waals surface area contributed by atoms with Crippen molar-refractivity contribution in [3.8, 4) is 0 Å². The molecule has 0 aliphatic heterocycles. The van der Waals surface area contributed by atoms with Gasteiger partial charge in [0.05, 0.1) is 5.75 Å². The van der Waals surface area contributed by atoms with Crippen molar-refractivity contribution in [3.05, 3.63) is 57.3 Å². The Kier molecular flexibility index (Phi) is 4.65. The summed E-state index contributed by atoms with van der Waals surface area (Å²) in [5.41, 5.74) is 2.85. The molecule has 0 unspecified atom stereocenters. The molecule has 1 aromatic heterocycles. The Hall–Kier alpha value is -1.55. The summed E-state index contributed by atoms with van der Waals surface area (Å²) in [6.07, 6.45) is 0. The number of aryl methyl sites for hydroxylation is 2. The monoisotopic (exact) mass is 288 g/mol. The van der Waals surface area contributed by atoms with Crippen molar-refractivity contribution in [1.29, 1.82) is 0 Å².